The first kappa shape index (κ1) is 14.3. The Morgan fingerprint density at radius 1 is 1.30 bits per heavy atom. The number of para-hydroxylation sites is 1. The lowest BCUT2D eigenvalue weighted by atomic mass is 10.1. The number of hydrogen-bond acceptors (Lipinski definition) is 4. The number of nitrogens with zero attached hydrogens (tertiary/aromatic N) is 2. The third-order valence-electron chi connectivity index (χ3n) is 3.03. The van der Waals surface area contributed by atoms with E-state index in [1.807, 2.05) is 43.4 Å². The van der Waals surface area contributed by atoms with E-state index in [4.69, 9.17) is 22.7 Å². The van der Waals surface area contributed by atoms with E-state index in [0.29, 0.717) is 17.4 Å². The third-order valence-corrected chi connectivity index (χ3v) is 3.25. The largest absolute Gasteiger partial charge is 0.481 e. The first-order valence-electron chi connectivity index (χ1n) is 6.21. The molecule has 2 N–H and O–H groups in total. The normalized spacial score (nSPS) is 10.1. The summed E-state index contributed by atoms with van der Waals surface area (Å²) in [6.07, 6.45) is 1.71. The second kappa shape index (κ2) is 6.34. The Kier molecular flexibility index (Phi) is 4.53. The smallest absolute Gasteiger partial charge is 0.218 e. The number of methoxy groups -OCH3 is 1. The van der Waals surface area contributed by atoms with Gasteiger partial charge in [-0.2, -0.15) is 0 Å². The van der Waals surface area contributed by atoms with Crippen molar-refractivity contribution in [3.63, 3.8) is 0 Å². The van der Waals surface area contributed by atoms with Gasteiger partial charge in [-0.15, -0.1) is 0 Å². The Labute approximate surface area is 124 Å². The molecule has 104 valence electrons. The number of hydrogen-bond donors (Lipinski definition) is 1. The van der Waals surface area contributed by atoms with Gasteiger partial charge in [0.15, 0.2) is 0 Å². The van der Waals surface area contributed by atoms with Crippen molar-refractivity contribution in [2.45, 2.75) is 6.54 Å². The van der Waals surface area contributed by atoms with Gasteiger partial charge in [-0.1, -0.05) is 30.4 Å². The topological polar surface area (TPSA) is 51.4 Å². The van der Waals surface area contributed by atoms with Crippen molar-refractivity contribution >= 4 is 22.9 Å². The summed E-state index contributed by atoms with van der Waals surface area (Å²) in [7, 11) is 3.61. The van der Waals surface area contributed by atoms with Crippen LogP contribution >= 0.6 is 12.2 Å². The number of aromatic nitrogens is 1. The van der Waals surface area contributed by atoms with E-state index in [9.17, 15) is 0 Å². The summed E-state index contributed by atoms with van der Waals surface area (Å²) in [5.74, 6) is 0.632. The number of pyridine rings is 1. The lowest BCUT2D eigenvalue weighted by molar-refractivity contribution is 0.392. The molecular formula is C15H17N3OS. The first-order valence-corrected chi connectivity index (χ1v) is 6.62. The van der Waals surface area contributed by atoms with Crippen LogP contribution in [0.1, 0.15) is 11.1 Å². The van der Waals surface area contributed by atoms with Gasteiger partial charge in [-0.3, -0.25) is 0 Å². The lowest BCUT2D eigenvalue weighted by Crippen LogP contribution is -2.21. The van der Waals surface area contributed by atoms with E-state index in [-0.39, 0.29) is 0 Å². The molecule has 0 saturated carbocycles. The molecular weight excluding hydrogens is 270 g/mol. The number of rotatable bonds is 5. The highest BCUT2D eigenvalue weighted by Crippen LogP contribution is 2.23. The second-order valence-corrected chi connectivity index (χ2v) is 4.85. The van der Waals surface area contributed by atoms with E-state index in [1.165, 1.54) is 0 Å². The van der Waals surface area contributed by atoms with Crippen LogP contribution in [-0.2, 0) is 6.54 Å². The third kappa shape index (κ3) is 3.05. The Balaban J connectivity index is 2.29. The first-order chi connectivity index (χ1) is 9.63. The molecule has 0 aliphatic rings. The van der Waals surface area contributed by atoms with Crippen LogP contribution in [0.4, 0.5) is 5.69 Å². The van der Waals surface area contributed by atoms with Crippen molar-refractivity contribution in [2.24, 2.45) is 5.73 Å². The van der Waals surface area contributed by atoms with Gasteiger partial charge in [-0.05, 0) is 18.2 Å². The zero-order valence-electron chi connectivity index (χ0n) is 11.5. The van der Waals surface area contributed by atoms with E-state index >= 15 is 0 Å². The average Bonchev–Trinajstić information content (AvgIpc) is 2.47. The van der Waals surface area contributed by atoms with Crippen LogP contribution in [0.2, 0.25) is 0 Å². The maximum absolute atomic E-state index is 5.77. The Morgan fingerprint density at radius 3 is 2.75 bits per heavy atom. The molecule has 1 aromatic heterocycles. The lowest BCUT2D eigenvalue weighted by Gasteiger charge is -2.22. The van der Waals surface area contributed by atoms with Crippen LogP contribution in [0, 0.1) is 0 Å². The number of ether oxygens (including phenoxy) is 1. The fourth-order valence-corrected chi connectivity index (χ4v) is 2.26. The zero-order valence-corrected chi connectivity index (χ0v) is 12.4. The van der Waals surface area contributed by atoms with Crippen LogP contribution < -0.4 is 15.4 Å². The fraction of sp³-hybridized carbons (Fsp3) is 0.200. The van der Waals surface area contributed by atoms with Crippen LogP contribution in [0.3, 0.4) is 0 Å². The SMILES string of the molecule is COc1ncccc1CN(C)c1ccccc1C(N)=S. The van der Waals surface area contributed by atoms with Crippen molar-refractivity contribution in [3.8, 4) is 5.88 Å². The van der Waals surface area contributed by atoms with Gasteiger partial charge in [0, 0.05) is 36.6 Å². The summed E-state index contributed by atoms with van der Waals surface area (Å²) in [5.41, 5.74) is 8.64. The number of benzene rings is 1. The molecule has 0 aliphatic carbocycles. The van der Waals surface area contributed by atoms with Crippen LogP contribution in [0.5, 0.6) is 5.88 Å². The van der Waals surface area contributed by atoms with Crippen molar-refractivity contribution in [2.75, 3.05) is 19.1 Å². The van der Waals surface area contributed by atoms with Gasteiger partial charge in [0.05, 0.1) is 7.11 Å². The highest BCUT2D eigenvalue weighted by atomic mass is 32.1. The Hall–Kier alpha value is -2.14. The molecule has 0 bridgehead atoms. The maximum atomic E-state index is 5.77. The van der Waals surface area contributed by atoms with Crippen LogP contribution in [-0.4, -0.2) is 24.1 Å². The second-order valence-electron chi connectivity index (χ2n) is 4.41. The summed E-state index contributed by atoms with van der Waals surface area (Å²) in [5, 5.41) is 0. The quantitative estimate of drug-likeness (QED) is 0.856. The fourth-order valence-electron chi connectivity index (χ4n) is 2.08. The monoisotopic (exact) mass is 287 g/mol. The van der Waals surface area contributed by atoms with Crippen LogP contribution in [0.15, 0.2) is 42.6 Å². The van der Waals surface area contributed by atoms with Gasteiger partial charge in [0.1, 0.15) is 4.99 Å². The minimum Gasteiger partial charge on any atom is -0.481 e. The van der Waals surface area contributed by atoms with Crippen LogP contribution in [0.25, 0.3) is 0 Å². The van der Waals surface area contributed by atoms with Crippen molar-refractivity contribution in [1.82, 2.24) is 4.98 Å². The van der Waals surface area contributed by atoms with Gasteiger partial charge in [-0.25, -0.2) is 4.98 Å². The number of thiocarbonyl (C=S) groups is 1. The summed E-state index contributed by atoms with van der Waals surface area (Å²) >= 11 is 5.10. The molecule has 0 fully saturated rings. The van der Waals surface area contributed by atoms with Gasteiger partial charge in [0.2, 0.25) is 5.88 Å². The molecule has 0 spiro atoms. The van der Waals surface area contributed by atoms with E-state index in [2.05, 4.69) is 9.88 Å². The molecule has 5 heteroatoms. The molecule has 0 radical (unpaired) electrons. The summed E-state index contributed by atoms with van der Waals surface area (Å²) < 4.78 is 5.27. The molecule has 2 rings (SSSR count). The molecule has 2 aromatic rings. The summed E-state index contributed by atoms with van der Waals surface area (Å²) in [4.78, 5) is 6.67. The number of anilines is 1. The minimum absolute atomic E-state index is 0.394. The molecule has 0 aliphatic heterocycles. The maximum Gasteiger partial charge on any atom is 0.218 e. The predicted octanol–water partition coefficient (Wildman–Crippen LogP) is 2.36. The zero-order chi connectivity index (χ0) is 14.5. The summed E-state index contributed by atoms with van der Waals surface area (Å²) in [6.45, 7) is 0.663. The summed E-state index contributed by atoms with van der Waals surface area (Å²) in [6, 6.07) is 11.7. The highest BCUT2D eigenvalue weighted by Gasteiger charge is 2.11. The number of nitrogens with two attached hydrogens (primary N) is 1. The van der Waals surface area contributed by atoms with E-state index in [0.717, 1.165) is 16.8 Å². The Bertz CT molecular complexity index is 616. The van der Waals surface area contributed by atoms with E-state index < -0.39 is 0 Å². The standard InChI is InChI=1S/C15H17N3OS/c1-18(10-11-6-5-9-17-15(11)19-2)13-8-4-3-7-12(13)14(16)20/h3-9H,10H2,1-2H3,(H2,16,20). The molecule has 1 heterocycles. The molecule has 0 unspecified atom stereocenters. The molecule has 0 atom stereocenters. The van der Waals surface area contributed by atoms with Gasteiger partial charge < -0.3 is 15.4 Å². The van der Waals surface area contributed by atoms with Crippen molar-refractivity contribution < 1.29 is 4.74 Å². The predicted molar refractivity (Wildman–Crippen MR) is 85.2 cm³/mol. The molecule has 4 nitrogen and oxygen atoms in total. The Morgan fingerprint density at radius 2 is 2.05 bits per heavy atom. The van der Waals surface area contributed by atoms with Gasteiger partial charge >= 0.3 is 0 Å². The molecule has 20 heavy (non-hydrogen) atoms. The minimum atomic E-state index is 0.394. The van der Waals surface area contributed by atoms with Crippen molar-refractivity contribution in [3.05, 3.63) is 53.7 Å². The molecule has 0 saturated heterocycles. The highest BCUT2D eigenvalue weighted by molar-refractivity contribution is 7.80. The molecule has 0 amide bonds. The van der Waals surface area contributed by atoms with E-state index in [1.54, 1.807) is 13.3 Å². The van der Waals surface area contributed by atoms with Gasteiger partial charge in [0.25, 0.3) is 0 Å². The average molecular weight is 287 g/mol. The molecule has 1 aromatic carbocycles. The van der Waals surface area contributed by atoms with Crippen molar-refractivity contribution in [1.29, 1.82) is 0 Å².